The highest BCUT2D eigenvalue weighted by Crippen LogP contribution is 2.46. The van der Waals surface area contributed by atoms with E-state index in [0.29, 0.717) is 18.9 Å². The molecule has 0 spiro atoms. The molecule has 0 unspecified atom stereocenters. The molecule has 0 saturated heterocycles. The molecular formula is C11H11ClF3N. The second-order valence-electron chi connectivity index (χ2n) is 4.18. The highest BCUT2D eigenvalue weighted by Gasteiger charge is 2.43. The molecule has 2 rings (SSSR count). The van der Waals surface area contributed by atoms with Crippen molar-refractivity contribution in [3.63, 3.8) is 0 Å². The molecule has 0 bridgehead atoms. The number of rotatable bonds is 2. The Morgan fingerprint density at radius 2 is 1.88 bits per heavy atom. The first-order valence-corrected chi connectivity index (χ1v) is 5.43. The predicted molar refractivity (Wildman–Crippen MR) is 55.9 cm³/mol. The first kappa shape index (κ1) is 11.7. The minimum absolute atomic E-state index is 0.0978. The van der Waals surface area contributed by atoms with Crippen LogP contribution in [0.3, 0.4) is 0 Å². The van der Waals surface area contributed by atoms with Gasteiger partial charge in [-0.05, 0) is 18.9 Å². The van der Waals surface area contributed by atoms with Crippen LogP contribution in [0.15, 0.2) is 6.07 Å². The third-order valence-corrected chi connectivity index (χ3v) is 3.62. The lowest BCUT2D eigenvalue weighted by Gasteiger charge is -2.41. The first-order chi connectivity index (χ1) is 7.52. The van der Waals surface area contributed by atoms with Gasteiger partial charge in [0.15, 0.2) is 11.6 Å². The van der Waals surface area contributed by atoms with Gasteiger partial charge < -0.3 is 5.73 Å². The topological polar surface area (TPSA) is 26.0 Å². The van der Waals surface area contributed by atoms with Crippen molar-refractivity contribution in [2.24, 2.45) is 5.73 Å². The molecule has 1 nitrogen and oxygen atoms in total. The molecule has 1 saturated carbocycles. The Morgan fingerprint density at radius 3 is 2.31 bits per heavy atom. The quantitative estimate of drug-likeness (QED) is 0.801. The van der Waals surface area contributed by atoms with E-state index in [4.69, 9.17) is 17.3 Å². The average Bonchev–Trinajstić information content (AvgIpc) is 2.19. The van der Waals surface area contributed by atoms with Crippen LogP contribution in [0.5, 0.6) is 0 Å². The van der Waals surface area contributed by atoms with E-state index >= 15 is 0 Å². The maximum absolute atomic E-state index is 13.8. The van der Waals surface area contributed by atoms with Crippen molar-refractivity contribution in [2.45, 2.75) is 24.7 Å². The molecule has 16 heavy (non-hydrogen) atoms. The van der Waals surface area contributed by atoms with Crippen LogP contribution < -0.4 is 5.73 Å². The SMILES string of the molecule is NCC1(c2c(F)c(F)cc(Cl)c2F)CCC1. The van der Waals surface area contributed by atoms with Gasteiger partial charge in [-0.1, -0.05) is 18.0 Å². The van der Waals surface area contributed by atoms with Crippen LogP contribution in [0, 0.1) is 17.5 Å². The van der Waals surface area contributed by atoms with Crippen LogP contribution in [0.2, 0.25) is 5.02 Å². The van der Waals surface area contributed by atoms with Gasteiger partial charge in [0.2, 0.25) is 0 Å². The average molecular weight is 250 g/mol. The molecular weight excluding hydrogens is 239 g/mol. The van der Waals surface area contributed by atoms with Gasteiger partial charge in [0, 0.05) is 17.5 Å². The summed E-state index contributed by atoms with van der Waals surface area (Å²) >= 11 is 5.51. The minimum Gasteiger partial charge on any atom is -0.330 e. The molecule has 1 aliphatic rings. The summed E-state index contributed by atoms with van der Waals surface area (Å²) < 4.78 is 40.5. The van der Waals surface area contributed by atoms with Crippen LogP contribution in [0.4, 0.5) is 13.2 Å². The van der Waals surface area contributed by atoms with Crippen LogP contribution in [-0.4, -0.2) is 6.54 Å². The van der Waals surface area contributed by atoms with Gasteiger partial charge in [-0.2, -0.15) is 0 Å². The second kappa shape index (κ2) is 3.93. The monoisotopic (exact) mass is 249 g/mol. The summed E-state index contributed by atoms with van der Waals surface area (Å²) in [4.78, 5) is 0. The van der Waals surface area contributed by atoms with Gasteiger partial charge in [-0.25, -0.2) is 13.2 Å². The molecule has 1 aliphatic carbocycles. The van der Waals surface area contributed by atoms with Crippen LogP contribution in [-0.2, 0) is 5.41 Å². The highest BCUT2D eigenvalue weighted by atomic mass is 35.5. The van der Waals surface area contributed by atoms with E-state index in [-0.39, 0.29) is 12.1 Å². The molecule has 1 aromatic rings. The van der Waals surface area contributed by atoms with Crippen molar-refractivity contribution in [3.05, 3.63) is 34.1 Å². The Morgan fingerprint density at radius 1 is 1.25 bits per heavy atom. The number of benzene rings is 1. The van der Waals surface area contributed by atoms with Crippen LogP contribution >= 0.6 is 11.6 Å². The van der Waals surface area contributed by atoms with E-state index in [1.165, 1.54) is 0 Å². The molecule has 1 aromatic carbocycles. The summed E-state index contributed by atoms with van der Waals surface area (Å²) in [6.45, 7) is 0.0978. The summed E-state index contributed by atoms with van der Waals surface area (Å²) in [6, 6.07) is 0.651. The first-order valence-electron chi connectivity index (χ1n) is 5.05. The zero-order chi connectivity index (χ0) is 11.9. The lowest BCUT2D eigenvalue weighted by molar-refractivity contribution is 0.233. The largest absolute Gasteiger partial charge is 0.330 e. The van der Waals surface area contributed by atoms with Crippen molar-refractivity contribution in [2.75, 3.05) is 6.54 Å². The molecule has 0 atom stereocenters. The fourth-order valence-electron chi connectivity index (χ4n) is 2.20. The zero-order valence-electron chi connectivity index (χ0n) is 8.49. The lowest BCUT2D eigenvalue weighted by atomic mass is 9.64. The van der Waals surface area contributed by atoms with Crippen molar-refractivity contribution < 1.29 is 13.2 Å². The van der Waals surface area contributed by atoms with Crippen molar-refractivity contribution in [1.82, 2.24) is 0 Å². The summed E-state index contributed by atoms with van der Waals surface area (Å²) in [5.74, 6) is -3.17. The molecule has 88 valence electrons. The molecule has 2 N–H and O–H groups in total. The normalized spacial score (nSPS) is 18.3. The summed E-state index contributed by atoms with van der Waals surface area (Å²) in [7, 11) is 0. The Hall–Kier alpha value is -0.740. The van der Waals surface area contributed by atoms with Crippen LogP contribution in [0.25, 0.3) is 0 Å². The Bertz CT molecular complexity index is 398. The number of nitrogens with two attached hydrogens (primary N) is 1. The van der Waals surface area contributed by atoms with Gasteiger partial charge in [0.25, 0.3) is 0 Å². The van der Waals surface area contributed by atoms with Gasteiger partial charge in [-0.3, -0.25) is 0 Å². The smallest absolute Gasteiger partial charge is 0.165 e. The summed E-state index contributed by atoms with van der Waals surface area (Å²) in [5, 5.41) is -0.395. The van der Waals surface area contributed by atoms with E-state index < -0.39 is 27.9 Å². The molecule has 0 aromatic heterocycles. The van der Waals surface area contributed by atoms with Gasteiger partial charge in [0.1, 0.15) is 5.82 Å². The number of hydrogen-bond acceptors (Lipinski definition) is 1. The molecule has 1 fully saturated rings. The van der Waals surface area contributed by atoms with E-state index in [0.717, 1.165) is 6.42 Å². The molecule has 0 aliphatic heterocycles. The zero-order valence-corrected chi connectivity index (χ0v) is 9.25. The second-order valence-corrected chi connectivity index (χ2v) is 4.59. The minimum atomic E-state index is -1.16. The lowest BCUT2D eigenvalue weighted by Crippen LogP contribution is -2.43. The van der Waals surface area contributed by atoms with E-state index in [9.17, 15) is 13.2 Å². The predicted octanol–water partition coefficient (Wildman–Crippen LogP) is 3.14. The summed E-state index contributed by atoms with van der Waals surface area (Å²) in [5.41, 5.74) is 4.48. The standard InChI is InChI=1S/C11H11ClF3N/c12-6-4-7(13)10(15)8(9(6)14)11(5-16)2-1-3-11/h4H,1-3,5,16H2. The highest BCUT2D eigenvalue weighted by molar-refractivity contribution is 6.30. The number of hydrogen-bond donors (Lipinski definition) is 1. The van der Waals surface area contributed by atoms with Gasteiger partial charge in [-0.15, -0.1) is 0 Å². The molecule has 0 radical (unpaired) electrons. The summed E-state index contributed by atoms with van der Waals surface area (Å²) in [6.07, 6.45) is 1.97. The third kappa shape index (κ3) is 1.52. The third-order valence-electron chi connectivity index (χ3n) is 3.34. The fraction of sp³-hybridized carbons (Fsp3) is 0.455. The van der Waals surface area contributed by atoms with Gasteiger partial charge in [0.05, 0.1) is 5.02 Å². The van der Waals surface area contributed by atoms with Crippen molar-refractivity contribution in [1.29, 1.82) is 0 Å². The Balaban J connectivity index is 2.63. The Kier molecular flexibility index (Phi) is 2.88. The Labute approximate surface area is 96.4 Å². The van der Waals surface area contributed by atoms with E-state index in [1.807, 2.05) is 0 Å². The molecule has 0 amide bonds. The van der Waals surface area contributed by atoms with Crippen molar-refractivity contribution >= 4 is 11.6 Å². The molecule has 5 heteroatoms. The molecule has 0 heterocycles. The van der Waals surface area contributed by atoms with Gasteiger partial charge >= 0.3 is 0 Å². The maximum Gasteiger partial charge on any atom is 0.165 e. The van der Waals surface area contributed by atoms with E-state index in [2.05, 4.69) is 0 Å². The number of halogens is 4. The van der Waals surface area contributed by atoms with Crippen LogP contribution in [0.1, 0.15) is 24.8 Å². The fourth-order valence-corrected chi connectivity index (χ4v) is 2.39. The maximum atomic E-state index is 13.8. The van der Waals surface area contributed by atoms with E-state index in [1.54, 1.807) is 0 Å². The van der Waals surface area contributed by atoms with Crippen molar-refractivity contribution in [3.8, 4) is 0 Å².